The second-order valence-electron chi connectivity index (χ2n) is 5.45. The number of carboxylic acid groups (broad SMARTS) is 1. The van der Waals surface area contributed by atoms with Crippen LogP contribution in [0.5, 0.6) is 5.75 Å². The molecule has 0 fully saturated rings. The second kappa shape index (κ2) is 6.93. The van der Waals surface area contributed by atoms with E-state index in [9.17, 15) is 9.59 Å². The number of hydrogen-bond donors (Lipinski definition) is 2. The summed E-state index contributed by atoms with van der Waals surface area (Å²) >= 11 is 3.33. The van der Waals surface area contributed by atoms with Crippen molar-refractivity contribution in [1.29, 1.82) is 0 Å². The van der Waals surface area contributed by atoms with Gasteiger partial charge in [0.05, 0.1) is 23.5 Å². The average Bonchev–Trinajstić information content (AvgIpc) is 2.37. The van der Waals surface area contributed by atoms with Crippen LogP contribution < -0.4 is 10.1 Å². The van der Waals surface area contributed by atoms with Gasteiger partial charge in [0.15, 0.2) is 0 Å². The van der Waals surface area contributed by atoms with Crippen LogP contribution in [0, 0.1) is 5.92 Å². The molecule has 0 aliphatic carbocycles. The molecule has 0 aliphatic heterocycles. The number of amides is 1. The smallest absolute Gasteiger partial charge is 0.305 e. The lowest BCUT2D eigenvalue weighted by atomic mass is 9.85. The standard InChI is InChI=1S/C15H20BrNO4/c1-9(2)15(3,8-13(18)19)17-14(20)10-5-6-12(21-4)11(16)7-10/h5-7,9H,8H2,1-4H3,(H,17,20)(H,18,19). The van der Waals surface area contributed by atoms with Gasteiger partial charge in [-0.2, -0.15) is 0 Å². The second-order valence-corrected chi connectivity index (χ2v) is 6.30. The van der Waals surface area contributed by atoms with Crippen LogP contribution in [0.1, 0.15) is 37.6 Å². The molecule has 0 spiro atoms. The van der Waals surface area contributed by atoms with E-state index >= 15 is 0 Å². The van der Waals surface area contributed by atoms with Crippen LogP contribution >= 0.6 is 15.9 Å². The van der Waals surface area contributed by atoms with Gasteiger partial charge in [0, 0.05) is 5.56 Å². The lowest BCUT2D eigenvalue weighted by Crippen LogP contribution is -2.51. The van der Waals surface area contributed by atoms with E-state index in [1.165, 1.54) is 0 Å². The van der Waals surface area contributed by atoms with Crippen molar-refractivity contribution in [2.45, 2.75) is 32.7 Å². The predicted molar refractivity (Wildman–Crippen MR) is 83.7 cm³/mol. The zero-order valence-corrected chi connectivity index (χ0v) is 14.2. The Kier molecular flexibility index (Phi) is 5.78. The molecule has 1 unspecified atom stereocenters. The van der Waals surface area contributed by atoms with Crippen LogP contribution in [0.25, 0.3) is 0 Å². The molecule has 1 amide bonds. The van der Waals surface area contributed by atoms with Gasteiger partial charge in [-0.15, -0.1) is 0 Å². The minimum Gasteiger partial charge on any atom is -0.496 e. The van der Waals surface area contributed by atoms with E-state index in [1.807, 2.05) is 13.8 Å². The number of carbonyl (C=O) groups excluding carboxylic acids is 1. The molecule has 1 aromatic carbocycles. The maximum atomic E-state index is 12.3. The Labute approximate surface area is 132 Å². The molecule has 5 nitrogen and oxygen atoms in total. The van der Waals surface area contributed by atoms with Crippen molar-refractivity contribution in [1.82, 2.24) is 5.32 Å². The van der Waals surface area contributed by atoms with Crippen molar-refractivity contribution in [3.05, 3.63) is 28.2 Å². The van der Waals surface area contributed by atoms with Gasteiger partial charge in [-0.1, -0.05) is 13.8 Å². The summed E-state index contributed by atoms with van der Waals surface area (Å²) in [6.45, 7) is 5.50. The minimum atomic E-state index is -0.942. The van der Waals surface area contributed by atoms with Gasteiger partial charge in [-0.05, 0) is 47.0 Å². The molecule has 0 saturated heterocycles. The highest BCUT2D eigenvalue weighted by Gasteiger charge is 2.33. The van der Waals surface area contributed by atoms with Crippen molar-refractivity contribution in [2.24, 2.45) is 5.92 Å². The molecule has 2 N–H and O–H groups in total. The number of rotatable bonds is 6. The number of carboxylic acids is 1. The summed E-state index contributed by atoms with van der Waals surface area (Å²) in [5.74, 6) is -0.638. The average molecular weight is 358 g/mol. The number of benzene rings is 1. The molecule has 1 rings (SSSR count). The summed E-state index contributed by atoms with van der Waals surface area (Å²) in [5, 5.41) is 11.8. The monoisotopic (exact) mass is 357 g/mol. The van der Waals surface area contributed by atoms with Crippen LogP contribution in [-0.4, -0.2) is 29.6 Å². The van der Waals surface area contributed by atoms with Gasteiger partial charge in [0.25, 0.3) is 5.91 Å². The van der Waals surface area contributed by atoms with Crippen molar-refractivity contribution in [2.75, 3.05) is 7.11 Å². The quantitative estimate of drug-likeness (QED) is 0.820. The molecule has 0 bridgehead atoms. The SMILES string of the molecule is COc1ccc(C(=O)NC(C)(CC(=O)O)C(C)C)cc1Br. The fraction of sp³-hybridized carbons (Fsp3) is 0.467. The molecular weight excluding hydrogens is 338 g/mol. The van der Waals surface area contributed by atoms with E-state index in [2.05, 4.69) is 21.2 Å². The number of ether oxygens (including phenoxy) is 1. The zero-order chi connectivity index (χ0) is 16.2. The third kappa shape index (κ3) is 4.46. The molecule has 0 saturated carbocycles. The van der Waals surface area contributed by atoms with Crippen molar-refractivity contribution >= 4 is 27.8 Å². The summed E-state index contributed by atoms with van der Waals surface area (Å²) < 4.78 is 5.78. The number of carbonyl (C=O) groups is 2. The summed E-state index contributed by atoms with van der Waals surface area (Å²) in [7, 11) is 1.54. The predicted octanol–water partition coefficient (Wildman–Crippen LogP) is 3.08. The highest BCUT2D eigenvalue weighted by atomic mass is 79.9. The van der Waals surface area contributed by atoms with E-state index in [-0.39, 0.29) is 18.2 Å². The maximum absolute atomic E-state index is 12.3. The first-order valence-electron chi connectivity index (χ1n) is 6.57. The third-order valence-corrected chi connectivity index (χ3v) is 4.23. The maximum Gasteiger partial charge on any atom is 0.305 e. The molecule has 0 radical (unpaired) electrons. The highest BCUT2D eigenvalue weighted by Crippen LogP contribution is 2.26. The Hall–Kier alpha value is -1.56. The van der Waals surface area contributed by atoms with E-state index in [1.54, 1.807) is 32.2 Å². The minimum absolute atomic E-state index is 0.0146. The first kappa shape index (κ1) is 17.5. The van der Waals surface area contributed by atoms with Gasteiger partial charge >= 0.3 is 5.97 Å². The van der Waals surface area contributed by atoms with Gasteiger partial charge in [0.1, 0.15) is 5.75 Å². The summed E-state index contributed by atoms with van der Waals surface area (Å²) in [6, 6.07) is 4.97. The van der Waals surface area contributed by atoms with E-state index in [4.69, 9.17) is 9.84 Å². The first-order chi connectivity index (χ1) is 9.69. The van der Waals surface area contributed by atoms with Crippen molar-refractivity contribution in [3.63, 3.8) is 0 Å². The van der Waals surface area contributed by atoms with Crippen LogP contribution in [0.3, 0.4) is 0 Å². The number of aliphatic carboxylic acids is 1. The van der Waals surface area contributed by atoms with Crippen LogP contribution in [0.2, 0.25) is 0 Å². The lowest BCUT2D eigenvalue weighted by Gasteiger charge is -2.33. The summed E-state index contributed by atoms with van der Waals surface area (Å²) in [6.07, 6.45) is -0.131. The fourth-order valence-corrected chi connectivity index (χ4v) is 2.39. The molecule has 6 heteroatoms. The van der Waals surface area contributed by atoms with Crippen LogP contribution in [-0.2, 0) is 4.79 Å². The molecule has 0 heterocycles. The molecule has 0 aromatic heterocycles. The lowest BCUT2D eigenvalue weighted by molar-refractivity contribution is -0.138. The van der Waals surface area contributed by atoms with Crippen molar-refractivity contribution in [3.8, 4) is 5.75 Å². The van der Waals surface area contributed by atoms with E-state index in [0.29, 0.717) is 15.8 Å². The molecule has 1 atom stereocenters. The van der Waals surface area contributed by atoms with E-state index in [0.717, 1.165) is 0 Å². The Bertz CT molecular complexity index is 544. The zero-order valence-electron chi connectivity index (χ0n) is 12.6. The van der Waals surface area contributed by atoms with Gasteiger partial charge in [0.2, 0.25) is 0 Å². The van der Waals surface area contributed by atoms with E-state index < -0.39 is 11.5 Å². The largest absolute Gasteiger partial charge is 0.496 e. The summed E-state index contributed by atoms with van der Waals surface area (Å²) in [4.78, 5) is 23.3. The Morgan fingerprint density at radius 1 is 1.43 bits per heavy atom. The van der Waals surface area contributed by atoms with Gasteiger partial charge in [-0.25, -0.2) is 0 Å². The number of hydrogen-bond acceptors (Lipinski definition) is 3. The Balaban J connectivity index is 2.97. The number of halogens is 1. The molecular formula is C15H20BrNO4. The van der Waals surface area contributed by atoms with Crippen LogP contribution in [0.15, 0.2) is 22.7 Å². The fourth-order valence-electron chi connectivity index (χ4n) is 1.85. The Morgan fingerprint density at radius 2 is 2.05 bits per heavy atom. The Morgan fingerprint density at radius 3 is 2.48 bits per heavy atom. The number of nitrogens with one attached hydrogen (secondary N) is 1. The molecule has 1 aromatic rings. The molecule has 116 valence electrons. The van der Waals surface area contributed by atoms with Crippen molar-refractivity contribution < 1.29 is 19.4 Å². The molecule has 0 aliphatic rings. The molecule has 21 heavy (non-hydrogen) atoms. The first-order valence-corrected chi connectivity index (χ1v) is 7.36. The van der Waals surface area contributed by atoms with Crippen LogP contribution in [0.4, 0.5) is 0 Å². The van der Waals surface area contributed by atoms with Gasteiger partial charge < -0.3 is 15.2 Å². The van der Waals surface area contributed by atoms with Gasteiger partial charge in [-0.3, -0.25) is 9.59 Å². The number of methoxy groups -OCH3 is 1. The third-order valence-electron chi connectivity index (χ3n) is 3.61. The highest BCUT2D eigenvalue weighted by molar-refractivity contribution is 9.10. The normalized spacial score (nSPS) is 13.6. The topological polar surface area (TPSA) is 75.6 Å². The summed E-state index contributed by atoms with van der Waals surface area (Å²) in [5.41, 5.74) is -0.366.